The SMILES string of the molecule is CCOC(=O)C1=C(C)N=c2s/c(=C/c3ccc(N4N=C(c5ccccc5)C[C@H]4c4ccccc4)cc3)c(=O)n2[C@H]1c1ccc(N(C)C)cc1. The molecular formula is C40H37N5O3S. The normalized spacial score (nSPS) is 17.4. The molecule has 7 rings (SSSR count). The van der Waals surface area contributed by atoms with Crippen LogP contribution in [0.15, 0.2) is 135 Å². The van der Waals surface area contributed by atoms with Crippen LogP contribution in [0.1, 0.15) is 54.6 Å². The second kappa shape index (κ2) is 13.5. The fraction of sp³-hybridized carbons (Fsp3) is 0.200. The van der Waals surface area contributed by atoms with Crippen LogP contribution >= 0.6 is 11.3 Å². The van der Waals surface area contributed by atoms with Gasteiger partial charge in [0.1, 0.15) is 0 Å². The topological polar surface area (TPSA) is 79.5 Å². The van der Waals surface area contributed by atoms with Gasteiger partial charge in [-0.05, 0) is 66.4 Å². The molecule has 0 fully saturated rings. The number of anilines is 2. The molecule has 0 amide bonds. The van der Waals surface area contributed by atoms with E-state index in [1.54, 1.807) is 18.4 Å². The third kappa shape index (κ3) is 6.25. The molecule has 0 saturated carbocycles. The zero-order chi connectivity index (χ0) is 34.1. The number of thiazole rings is 1. The maximum Gasteiger partial charge on any atom is 0.338 e. The second-order valence-electron chi connectivity index (χ2n) is 12.3. The molecule has 1 aromatic heterocycles. The van der Waals surface area contributed by atoms with Crippen molar-refractivity contribution in [3.8, 4) is 0 Å². The molecular weight excluding hydrogens is 631 g/mol. The van der Waals surface area contributed by atoms with Crippen LogP contribution in [-0.4, -0.2) is 37.0 Å². The summed E-state index contributed by atoms with van der Waals surface area (Å²) in [6.07, 6.45) is 2.68. The highest BCUT2D eigenvalue weighted by Gasteiger charge is 2.33. The molecule has 0 N–H and O–H groups in total. The Labute approximate surface area is 289 Å². The molecule has 5 aromatic rings. The van der Waals surface area contributed by atoms with E-state index in [1.807, 2.05) is 97.9 Å². The van der Waals surface area contributed by atoms with Gasteiger partial charge in [0.2, 0.25) is 0 Å². The summed E-state index contributed by atoms with van der Waals surface area (Å²) in [5, 5.41) is 7.18. The molecule has 8 nitrogen and oxygen atoms in total. The van der Waals surface area contributed by atoms with Gasteiger partial charge in [0.25, 0.3) is 5.56 Å². The molecule has 246 valence electrons. The smallest absolute Gasteiger partial charge is 0.338 e. The summed E-state index contributed by atoms with van der Waals surface area (Å²) in [6.45, 7) is 3.80. The summed E-state index contributed by atoms with van der Waals surface area (Å²) < 4.78 is 7.61. The lowest BCUT2D eigenvalue weighted by Gasteiger charge is -2.25. The Balaban J connectivity index is 1.26. The Morgan fingerprint density at radius 2 is 1.59 bits per heavy atom. The molecule has 3 heterocycles. The van der Waals surface area contributed by atoms with E-state index in [0.717, 1.165) is 40.2 Å². The number of nitrogens with zero attached hydrogens (tertiary/aromatic N) is 5. The monoisotopic (exact) mass is 667 g/mol. The van der Waals surface area contributed by atoms with Gasteiger partial charge in [0, 0.05) is 26.2 Å². The van der Waals surface area contributed by atoms with Gasteiger partial charge in [-0.2, -0.15) is 5.10 Å². The van der Waals surface area contributed by atoms with Gasteiger partial charge in [-0.15, -0.1) is 0 Å². The van der Waals surface area contributed by atoms with Crippen LogP contribution in [0.3, 0.4) is 0 Å². The van der Waals surface area contributed by atoms with Crippen molar-refractivity contribution in [2.45, 2.75) is 32.4 Å². The first-order valence-electron chi connectivity index (χ1n) is 16.4. The molecule has 9 heteroatoms. The molecule has 0 bridgehead atoms. The van der Waals surface area contributed by atoms with Crippen molar-refractivity contribution in [2.75, 3.05) is 30.6 Å². The molecule has 2 atom stereocenters. The zero-order valence-corrected chi connectivity index (χ0v) is 28.7. The molecule has 0 aliphatic carbocycles. The summed E-state index contributed by atoms with van der Waals surface area (Å²) in [5.41, 5.74) is 7.75. The van der Waals surface area contributed by atoms with E-state index in [2.05, 4.69) is 41.4 Å². The maximum absolute atomic E-state index is 14.1. The van der Waals surface area contributed by atoms with Gasteiger partial charge in [0.05, 0.1) is 45.9 Å². The summed E-state index contributed by atoms with van der Waals surface area (Å²) in [7, 11) is 3.95. The molecule has 2 aliphatic rings. The lowest BCUT2D eigenvalue weighted by atomic mass is 9.95. The third-order valence-electron chi connectivity index (χ3n) is 8.90. The summed E-state index contributed by atoms with van der Waals surface area (Å²) in [6, 6.07) is 36.2. The summed E-state index contributed by atoms with van der Waals surface area (Å²) in [4.78, 5) is 34.7. The summed E-state index contributed by atoms with van der Waals surface area (Å²) in [5.74, 6) is -0.468. The number of hydrazone groups is 1. The molecule has 0 saturated heterocycles. The average molecular weight is 668 g/mol. The number of fused-ring (bicyclic) bond motifs is 1. The maximum atomic E-state index is 14.1. The number of allylic oxidation sites excluding steroid dienone is 1. The number of benzene rings is 4. The summed E-state index contributed by atoms with van der Waals surface area (Å²) >= 11 is 1.32. The zero-order valence-electron chi connectivity index (χ0n) is 27.9. The van der Waals surface area contributed by atoms with Crippen molar-refractivity contribution >= 4 is 40.5 Å². The Morgan fingerprint density at radius 1 is 0.918 bits per heavy atom. The van der Waals surface area contributed by atoms with Gasteiger partial charge in [-0.3, -0.25) is 14.4 Å². The molecule has 4 aromatic carbocycles. The predicted octanol–water partition coefficient (Wildman–Crippen LogP) is 6.22. The minimum atomic E-state index is -0.655. The van der Waals surface area contributed by atoms with E-state index < -0.39 is 12.0 Å². The van der Waals surface area contributed by atoms with Crippen LogP contribution in [0.5, 0.6) is 0 Å². The molecule has 0 spiro atoms. The standard InChI is InChI=1S/C40H37N5O3S/c1-5-48-39(47)36-26(2)41-40-44(37(36)30-18-22-31(23-19-30)43(3)4)38(46)35(49-40)24-27-16-20-32(21-17-27)45-34(29-14-10-7-11-15-29)25-33(42-45)28-12-8-6-9-13-28/h6-24,34,37H,5,25H2,1-4H3/b35-24+/t34-,37-/m0/s1. The Hall–Kier alpha value is -5.54. The van der Waals surface area contributed by atoms with Crippen molar-refractivity contribution < 1.29 is 9.53 Å². The lowest BCUT2D eigenvalue weighted by molar-refractivity contribution is -0.139. The van der Waals surface area contributed by atoms with Crippen LogP contribution < -0.4 is 24.8 Å². The van der Waals surface area contributed by atoms with Crippen molar-refractivity contribution in [2.24, 2.45) is 10.1 Å². The van der Waals surface area contributed by atoms with Gasteiger partial charge in [-0.25, -0.2) is 9.79 Å². The van der Waals surface area contributed by atoms with E-state index in [9.17, 15) is 9.59 Å². The van der Waals surface area contributed by atoms with E-state index in [1.165, 1.54) is 16.9 Å². The van der Waals surface area contributed by atoms with Crippen molar-refractivity contribution in [1.29, 1.82) is 0 Å². The fourth-order valence-corrected chi connectivity index (χ4v) is 7.47. The van der Waals surface area contributed by atoms with Crippen LogP contribution in [0, 0.1) is 0 Å². The van der Waals surface area contributed by atoms with E-state index in [-0.39, 0.29) is 18.2 Å². The van der Waals surface area contributed by atoms with E-state index in [4.69, 9.17) is 14.8 Å². The van der Waals surface area contributed by atoms with Crippen molar-refractivity contribution in [3.63, 3.8) is 0 Å². The number of hydrogen-bond donors (Lipinski definition) is 0. The molecule has 0 radical (unpaired) electrons. The number of carbonyl (C=O) groups is 1. The minimum Gasteiger partial charge on any atom is -0.463 e. The second-order valence-corrected chi connectivity index (χ2v) is 13.3. The molecule has 49 heavy (non-hydrogen) atoms. The van der Waals surface area contributed by atoms with E-state index in [0.29, 0.717) is 20.6 Å². The highest BCUT2D eigenvalue weighted by molar-refractivity contribution is 7.07. The molecule has 2 aliphatic heterocycles. The quantitative estimate of drug-likeness (QED) is 0.184. The number of esters is 1. The number of aromatic nitrogens is 1. The Bertz CT molecular complexity index is 2240. The molecule has 0 unspecified atom stereocenters. The Morgan fingerprint density at radius 3 is 2.24 bits per heavy atom. The third-order valence-corrected chi connectivity index (χ3v) is 9.88. The van der Waals surface area contributed by atoms with Crippen molar-refractivity contribution in [1.82, 2.24) is 4.57 Å². The van der Waals surface area contributed by atoms with Crippen LogP contribution in [0.2, 0.25) is 0 Å². The first kappa shape index (κ1) is 32.0. The predicted molar refractivity (Wildman–Crippen MR) is 197 cm³/mol. The minimum absolute atomic E-state index is 0.0644. The van der Waals surface area contributed by atoms with Crippen LogP contribution in [0.25, 0.3) is 6.08 Å². The number of rotatable bonds is 8. The lowest BCUT2D eigenvalue weighted by Crippen LogP contribution is -2.39. The van der Waals surface area contributed by atoms with Crippen molar-refractivity contribution in [3.05, 3.63) is 162 Å². The van der Waals surface area contributed by atoms with Crippen LogP contribution in [0.4, 0.5) is 11.4 Å². The van der Waals surface area contributed by atoms with Gasteiger partial charge in [-0.1, -0.05) is 96.3 Å². The first-order valence-corrected chi connectivity index (χ1v) is 17.2. The number of carbonyl (C=O) groups excluding carboxylic acids is 1. The number of ether oxygens (including phenoxy) is 1. The van der Waals surface area contributed by atoms with Gasteiger partial charge in [0.15, 0.2) is 4.80 Å². The largest absolute Gasteiger partial charge is 0.463 e. The number of hydrogen-bond acceptors (Lipinski definition) is 8. The van der Waals surface area contributed by atoms with Crippen LogP contribution in [-0.2, 0) is 9.53 Å². The highest BCUT2D eigenvalue weighted by Crippen LogP contribution is 2.37. The first-order chi connectivity index (χ1) is 23.8. The highest BCUT2D eigenvalue weighted by atomic mass is 32.1. The Kier molecular flexibility index (Phi) is 8.84. The average Bonchev–Trinajstić information content (AvgIpc) is 3.70. The fourth-order valence-electron chi connectivity index (χ4n) is 6.42. The van der Waals surface area contributed by atoms with Gasteiger partial charge >= 0.3 is 5.97 Å². The van der Waals surface area contributed by atoms with Gasteiger partial charge < -0.3 is 9.64 Å². The van der Waals surface area contributed by atoms with E-state index >= 15 is 0 Å².